The van der Waals surface area contributed by atoms with E-state index in [-0.39, 0.29) is 22.2 Å². The van der Waals surface area contributed by atoms with E-state index in [0.29, 0.717) is 6.54 Å². The minimum Gasteiger partial charge on any atom is -0.364 e. The fourth-order valence-corrected chi connectivity index (χ4v) is 1.99. The SMILES string of the molecule is CN(C)CC(C)(C)CNc1nc(Cl)ncc1[N+](=O)[O-]. The van der Waals surface area contributed by atoms with Gasteiger partial charge in [0.1, 0.15) is 6.20 Å². The molecule has 1 rings (SSSR count). The van der Waals surface area contributed by atoms with Gasteiger partial charge >= 0.3 is 5.69 Å². The van der Waals surface area contributed by atoms with Gasteiger partial charge < -0.3 is 10.2 Å². The molecule has 0 saturated carbocycles. The van der Waals surface area contributed by atoms with E-state index in [1.165, 1.54) is 0 Å². The van der Waals surface area contributed by atoms with Crippen molar-refractivity contribution in [3.63, 3.8) is 0 Å². The van der Waals surface area contributed by atoms with Crippen LogP contribution in [0.25, 0.3) is 0 Å². The average Bonchev–Trinajstić information content (AvgIpc) is 2.24. The second-order valence-corrected chi connectivity index (χ2v) is 5.72. The summed E-state index contributed by atoms with van der Waals surface area (Å²) in [6.07, 6.45) is 1.11. The van der Waals surface area contributed by atoms with Gasteiger partial charge in [-0.25, -0.2) is 4.98 Å². The molecule has 19 heavy (non-hydrogen) atoms. The molecule has 0 atom stereocenters. The van der Waals surface area contributed by atoms with Crippen molar-refractivity contribution in [2.45, 2.75) is 13.8 Å². The molecule has 0 aliphatic carbocycles. The number of rotatable bonds is 6. The maximum atomic E-state index is 10.9. The molecule has 106 valence electrons. The maximum Gasteiger partial charge on any atom is 0.329 e. The Labute approximate surface area is 117 Å². The van der Waals surface area contributed by atoms with Crippen LogP contribution in [-0.4, -0.2) is 47.0 Å². The Bertz CT molecular complexity index is 464. The summed E-state index contributed by atoms with van der Waals surface area (Å²) in [5, 5.41) is 13.8. The molecule has 0 saturated heterocycles. The zero-order chi connectivity index (χ0) is 14.6. The molecule has 1 aromatic heterocycles. The number of nitrogens with zero attached hydrogens (tertiary/aromatic N) is 4. The van der Waals surface area contributed by atoms with Gasteiger partial charge in [-0.15, -0.1) is 0 Å². The molecule has 1 aromatic rings. The summed E-state index contributed by atoms with van der Waals surface area (Å²) in [5.41, 5.74) is -0.237. The Morgan fingerprint density at radius 3 is 2.68 bits per heavy atom. The van der Waals surface area contributed by atoms with Crippen molar-refractivity contribution < 1.29 is 4.92 Å². The highest BCUT2D eigenvalue weighted by Crippen LogP contribution is 2.24. The zero-order valence-corrected chi connectivity index (χ0v) is 12.2. The van der Waals surface area contributed by atoms with Crippen LogP contribution in [0.5, 0.6) is 0 Å². The molecule has 0 aliphatic rings. The molecule has 0 aliphatic heterocycles. The van der Waals surface area contributed by atoms with Gasteiger partial charge in [0.05, 0.1) is 4.92 Å². The predicted molar refractivity (Wildman–Crippen MR) is 74.5 cm³/mol. The lowest BCUT2D eigenvalue weighted by atomic mass is 9.93. The van der Waals surface area contributed by atoms with E-state index in [4.69, 9.17) is 11.6 Å². The lowest BCUT2D eigenvalue weighted by Crippen LogP contribution is -2.34. The average molecular weight is 288 g/mol. The molecular weight excluding hydrogens is 270 g/mol. The molecule has 7 nitrogen and oxygen atoms in total. The number of hydrogen-bond acceptors (Lipinski definition) is 6. The molecule has 8 heteroatoms. The molecular formula is C11H18ClN5O2. The number of halogens is 1. The normalized spacial score (nSPS) is 11.7. The van der Waals surface area contributed by atoms with Crippen LogP contribution in [0.4, 0.5) is 11.5 Å². The third kappa shape index (κ3) is 4.96. The Hall–Kier alpha value is -1.47. The number of aromatic nitrogens is 2. The minimum atomic E-state index is -0.530. The smallest absolute Gasteiger partial charge is 0.329 e. The van der Waals surface area contributed by atoms with Gasteiger partial charge in [-0.2, -0.15) is 4.98 Å². The maximum absolute atomic E-state index is 10.9. The van der Waals surface area contributed by atoms with Gasteiger partial charge in [0.25, 0.3) is 0 Å². The summed E-state index contributed by atoms with van der Waals surface area (Å²) in [7, 11) is 3.96. The minimum absolute atomic E-state index is 0.0153. The van der Waals surface area contributed by atoms with Gasteiger partial charge in [0.2, 0.25) is 11.1 Å². The lowest BCUT2D eigenvalue weighted by Gasteiger charge is -2.28. The number of anilines is 1. The van der Waals surface area contributed by atoms with E-state index in [2.05, 4.69) is 34.0 Å². The van der Waals surface area contributed by atoms with Crippen molar-refractivity contribution in [2.75, 3.05) is 32.5 Å². The van der Waals surface area contributed by atoms with Gasteiger partial charge in [0, 0.05) is 13.1 Å². The van der Waals surface area contributed by atoms with E-state index in [0.717, 1.165) is 12.7 Å². The van der Waals surface area contributed by atoms with Gasteiger partial charge in [-0.05, 0) is 31.1 Å². The molecule has 0 radical (unpaired) electrons. The van der Waals surface area contributed by atoms with Gasteiger partial charge in [-0.1, -0.05) is 13.8 Å². The molecule has 1 N–H and O–H groups in total. The summed E-state index contributed by atoms with van der Waals surface area (Å²) < 4.78 is 0. The highest BCUT2D eigenvalue weighted by molar-refractivity contribution is 6.28. The van der Waals surface area contributed by atoms with Crippen LogP contribution in [0.2, 0.25) is 5.28 Å². The van der Waals surface area contributed by atoms with Crippen LogP contribution >= 0.6 is 11.6 Å². The third-order valence-electron chi connectivity index (χ3n) is 2.42. The second-order valence-electron chi connectivity index (χ2n) is 5.39. The first-order chi connectivity index (χ1) is 8.71. The van der Waals surface area contributed by atoms with Gasteiger partial charge in [-0.3, -0.25) is 10.1 Å². The molecule has 0 unspecified atom stereocenters. The van der Waals surface area contributed by atoms with Crippen LogP contribution in [-0.2, 0) is 0 Å². The molecule has 0 amide bonds. The Balaban J connectivity index is 2.82. The Morgan fingerprint density at radius 1 is 1.53 bits per heavy atom. The first-order valence-corrected chi connectivity index (χ1v) is 6.14. The van der Waals surface area contributed by atoms with E-state index in [9.17, 15) is 10.1 Å². The highest BCUT2D eigenvalue weighted by atomic mass is 35.5. The van der Waals surface area contributed by atoms with Crippen molar-refractivity contribution in [2.24, 2.45) is 5.41 Å². The van der Waals surface area contributed by atoms with Crippen molar-refractivity contribution in [3.05, 3.63) is 21.6 Å². The van der Waals surface area contributed by atoms with Crippen LogP contribution in [0.3, 0.4) is 0 Å². The summed E-state index contributed by atoms with van der Waals surface area (Å²) in [6.45, 7) is 5.51. The highest BCUT2D eigenvalue weighted by Gasteiger charge is 2.22. The van der Waals surface area contributed by atoms with E-state index in [1.807, 2.05) is 14.1 Å². The summed E-state index contributed by atoms with van der Waals surface area (Å²) >= 11 is 5.66. The molecule has 0 aromatic carbocycles. The Kier molecular flexibility index (Phi) is 5.02. The predicted octanol–water partition coefficient (Wildman–Crippen LogP) is 2.04. The van der Waals surface area contributed by atoms with E-state index in [1.54, 1.807) is 0 Å². The van der Waals surface area contributed by atoms with Crippen LogP contribution in [0.1, 0.15) is 13.8 Å². The fraction of sp³-hybridized carbons (Fsp3) is 0.636. The van der Waals surface area contributed by atoms with E-state index >= 15 is 0 Å². The van der Waals surface area contributed by atoms with Crippen molar-refractivity contribution in [1.82, 2.24) is 14.9 Å². The van der Waals surface area contributed by atoms with Crippen molar-refractivity contribution in [1.29, 1.82) is 0 Å². The largest absolute Gasteiger partial charge is 0.364 e. The zero-order valence-electron chi connectivity index (χ0n) is 11.5. The van der Waals surface area contributed by atoms with Gasteiger partial charge in [0.15, 0.2) is 0 Å². The van der Waals surface area contributed by atoms with Crippen LogP contribution in [0, 0.1) is 15.5 Å². The monoisotopic (exact) mass is 287 g/mol. The Morgan fingerprint density at radius 2 is 2.16 bits per heavy atom. The molecule has 1 heterocycles. The lowest BCUT2D eigenvalue weighted by molar-refractivity contribution is -0.384. The van der Waals surface area contributed by atoms with Crippen LogP contribution in [0.15, 0.2) is 6.20 Å². The summed E-state index contributed by atoms with van der Waals surface area (Å²) in [5.74, 6) is 0.150. The third-order valence-corrected chi connectivity index (χ3v) is 2.60. The first-order valence-electron chi connectivity index (χ1n) is 5.77. The fourth-order valence-electron chi connectivity index (χ4n) is 1.85. The molecule has 0 fully saturated rings. The molecule has 0 bridgehead atoms. The van der Waals surface area contributed by atoms with Crippen molar-refractivity contribution >= 4 is 23.1 Å². The number of hydrogen-bond donors (Lipinski definition) is 1. The van der Waals surface area contributed by atoms with Crippen LogP contribution < -0.4 is 5.32 Å². The number of nitro groups is 1. The topological polar surface area (TPSA) is 84.2 Å². The second kappa shape index (κ2) is 6.12. The quantitative estimate of drug-likeness (QED) is 0.490. The molecule has 0 spiro atoms. The summed E-state index contributed by atoms with van der Waals surface area (Å²) in [4.78, 5) is 19.9. The van der Waals surface area contributed by atoms with Crippen molar-refractivity contribution in [3.8, 4) is 0 Å². The van der Waals surface area contributed by atoms with E-state index < -0.39 is 4.92 Å². The first kappa shape index (κ1) is 15.6. The number of nitrogens with one attached hydrogen (secondary N) is 1. The summed E-state index contributed by atoms with van der Waals surface area (Å²) in [6, 6.07) is 0. The standard InChI is InChI=1S/C11H18ClN5O2/c1-11(2,7-16(3)4)6-14-9-8(17(18)19)5-13-10(12)15-9/h5H,6-7H2,1-4H3,(H,13,14,15).